The van der Waals surface area contributed by atoms with E-state index in [-0.39, 0.29) is 0 Å². The van der Waals surface area contributed by atoms with Crippen molar-refractivity contribution < 1.29 is 0 Å². The third kappa shape index (κ3) is 1.73. The molecular formula is C11H14ClN3. The zero-order valence-corrected chi connectivity index (χ0v) is 9.62. The summed E-state index contributed by atoms with van der Waals surface area (Å²) in [5.74, 6) is 0. The van der Waals surface area contributed by atoms with Gasteiger partial charge in [-0.3, -0.25) is 0 Å². The third-order valence-electron chi connectivity index (χ3n) is 2.49. The summed E-state index contributed by atoms with van der Waals surface area (Å²) in [5, 5.41) is 1.71. The normalized spacial score (nSPS) is 11.5. The molecule has 80 valence electrons. The van der Waals surface area contributed by atoms with Gasteiger partial charge in [0, 0.05) is 30.4 Å². The molecule has 15 heavy (non-hydrogen) atoms. The Kier molecular flexibility index (Phi) is 2.67. The Morgan fingerprint density at radius 2 is 2.27 bits per heavy atom. The molecule has 0 aliphatic carbocycles. The van der Waals surface area contributed by atoms with Gasteiger partial charge in [0.25, 0.3) is 0 Å². The van der Waals surface area contributed by atoms with E-state index in [0.717, 1.165) is 16.6 Å². The summed E-state index contributed by atoms with van der Waals surface area (Å²) in [7, 11) is 0. The van der Waals surface area contributed by atoms with E-state index in [1.165, 1.54) is 0 Å². The molecule has 0 saturated carbocycles. The Morgan fingerprint density at radius 1 is 1.53 bits per heavy atom. The van der Waals surface area contributed by atoms with Crippen molar-refractivity contribution in [3.05, 3.63) is 29.0 Å². The van der Waals surface area contributed by atoms with E-state index in [9.17, 15) is 0 Å². The zero-order valence-electron chi connectivity index (χ0n) is 8.87. The molecule has 0 fully saturated rings. The SMILES string of the molecule is CC(C)n1cc(CN)c2cc(Cl)cnc21. The van der Waals surface area contributed by atoms with Gasteiger partial charge in [-0.25, -0.2) is 4.98 Å². The van der Waals surface area contributed by atoms with Gasteiger partial charge in [0.2, 0.25) is 0 Å². The van der Waals surface area contributed by atoms with Crippen LogP contribution < -0.4 is 5.73 Å². The molecule has 4 heteroatoms. The van der Waals surface area contributed by atoms with Crippen LogP contribution in [0.1, 0.15) is 25.5 Å². The maximum atomic E-state index is 5.92. The summed E-state index contributed by atoms with van der Waals surface area (Å²) in [4.78, 5) is 4.35. The highest BCUT2D eigenvalue weighted by Crippen LogP contribution is 2.25. The first-order valence-corrected chi connectivity index (χ1v) is 5.36. The molecule has 0 aromatic carbocycles. The number of nitrogens with zero attached hydrogens (tertiary/aromatic N) is 2. The Balaban J connectivity index is 2.75. The minimum atomic E-state index is 0.376. The van der Waals surface area contributed by atoms with Crippen LogP contribution in [0.3, 0.4) is 0 Å². The molecule has 0 aliphatic rings. The number of aromatic nitrogens is 2. The van der Waals surface area contributed by atoms with Gasteiger partial charge < -0.3 is 10.3 Å². The number of pyridine rings is 1. The van der Waals surface area contributed by atoms with Crippen LogP contribution in [0.4, 0.5) is 0 Å². The van der Waals surface area contributed by atoms with Gasteiger partial charge in [-0.05, 0) is 25.5 Å². The van der Waals surface area contributed by atoms with Crippen LogP contribution in [0, 0.1) is 0 Å². The maximum Gasteiger partial charge on any atom is 0.140 e. The lowest BCUT2D eigenvalue weighted by Crippen LogP contribution is -1.99. The van der Waals surface area contributed by atoms with Crippen LogP contribution in [0.5, 0.6) is 0 Å². The Labute approximate surface area is 93.9 Å². The minimum Gasteiger partial charge on any atom is -0.330 e. The number of hydrogen-bond acceptors (Lipinski definition) is 2. The Hall–Kier alpha value is -1.06. The molecule has 2 aromatic heterocycles. The van der Waals surface area contributed by atoms with Crippen molar-refractivity contribution in [3.8, 4) is 0 Å². The highest BCUT2D eigenvalue weighted by atomic mass is 35.5. The summed E-state index contributed by atoms with van der Waals surface area (Å²) >= 11 is 5.92. The van der Waals surface area contributed by atoms with E-state index in [1.807, 2.05) is 6.07 Å². The van der Waals surface area contributed by atoms with Crippen LogP contribution in [-0.2, 0) is 6.54 Å². The topological polar surface area (TPSA) is 43.8 Å². The van der Waals surface area contributed by atoms with Crippen molar-refractivity contribution in [1.29, 1.82) is 0 Å². The third-order valence-corrected chi connectivity index (χ3v) is 2.70. The highest BCUT2D eigenvalue weighted by Gasteiger charge is 2.10. The van der Waals surface area contributed by atoms with Crippen molar-refractivity contribution in [3.63, 3.8) is 0 Å². The summed E-state index contributed by atoms with van der Waals surface area (Å²) in [5.41, 5.74) is 7.74. The van der Waals surface area contributed by atoms with E-state index in [4.69, 9.17) is 17.3 Å². The first-order chi connectivity index (χ1) is 7.13. The van der Waals surface area contributed by atoms with E-state index in [1.54, 1.807) is 6.20 Å². The first kappa shape index (κ1) is 10.5. The molecule has 0 radical (unpaired) electrons. The number of fused-ring (bicyclic) bond motifs is 1. The molecule has 2 aromatic rings. The van der Waals surface area contributed by atoms with Crippen LogP contribution in [0.15, 0.2) is 18.5 Å². The monoisotopic (exact) mass is 223 g/mol. The van der Waals surface area contributed by atoms with E-state index in [2.05, 4.69) is 29.6 Å². The summed E-state index contributed by atoms with van der Waals surface area (Å²) in [6, 6.07) is 2.30. The van der Waals surface area contributed by atoms with Crippen LogP contribution in [0.25, 0.3) is 11.0 Å². The second-order valence-electron chi connectivity index (χ2n) is 3.88. The molecule has 0 bridgehead atoms. The largest absolute Gasteiger partial charge is 0.330 e. The van der Waals surface area contributed by atoms with Crippen LogP contribution in [-0.4, -0.2) is 9.55 Å². The summed E-state index contributed by atoms with van der Waals surface area (Å²) in [6.45, 7) is 4.75. The van der Waals surface area contributed by atoms with Crippen LogP contribution >= 0.6 is 11.6 Å². The minimum absolute atomic E-state index is 0.376. The molecule has 0 saturated heterocycles. The van der Waals surface area contributed by atoms with Gasteiger partial charge in [-0.15, -0.1) is 0 Å². The molecule has 0 aliphatic heterocycles. The predicted octanol–water partition coefficient (Wildman–Crippen LogP) is 2.73. The average molecular weight is 224 g/mol. The van der Waals surface area contributed by atoms with Gasteiger partial charge in [0.05, 0.1) is 5.02 Å². The molecule has 0 spiro atoms. The van der Waals surface area contributed by atoms with Crippen molar-refractivity contribution >= 4 is 22.6 Å². The lowest BCUT2D eigenvalue weighted by atomic mass is 10.2. The van der Waals surface area contributed by atoms with Gasteiger partial charge in [0.1, 0.15) is 5.65 Å². The van der Waals surface area contributed by atoms with Gasteiger partial charge in [0.15, 0.2) is 0 Å². The molecular weight excluding hydrogens is 210 g/mol. The number of halogens is 1. The summed E-state index contributed by atoms with van der Waals surface area (Å²) in [6.07, 6.45) is 3.72. The average Bonchev–Trinajstić information content (AvgIpc) is 2.55. The summed E-state index contributed by atoms with van der Waals surface area (Å²) < 4.78 is 2.12. The van der Waals surface area contributed by atoms with Gasteiger partial charge in [-0.2, -0.15) is 0 Å². The van der Waals surface area contributed by atoms with Crippen molar-refractivity contribution in [2.24, 2.45) is 5.73 Å². The van der Waals surface area contributed by atoms with Crippen molar-refractivity contribution in [2.45, 2.75) is 26.4 Å². The molecule has 2 rings (SSSR count). The first-order valence-electron chi connectivity index (χ1n) is 4.98. The van der Waals surface area contributed by atoms with E-state index >= 15 is 0 Å². The smallest absolute Gasteiger partial charge is 0.140 e. The van der Waals surface area contributed by atoms with Gasteiger partial charge in [-0.1, -0.05) is 11.6 Å². The molecule has 0 atom stereocenters. The standard InChI is InChI=1S/C11H14ClN3/c1-7(2)15-6-8(4-13)10-3-9(12)5-14-11(10)15/h3,5-7H,4,13H2,1-2H3. The van der Waals surface area contributed by atoms with E-state index < -0.39 is 0 Å². The zero-order chi connectivity index (χ0) is 11.0. The fourth-order valence-electron chi connectivity index (χ4n) is 1.73. The van der Waals surface area contributed by atoms with Gasteiger partial charge >= 0.3 is 0 Å². The fraction of sp³-hybridized carbons (Fsp3) is 0.364. The second-order valence-corrected chi connectivity index (χ2v) is 4.32. The number of hydrogen-bond donors (Lipinski definition) is 1. The fourth-order valence-corrected chi connectivity index (χ4v) is 1.89. The Morgan fingerprint density at radius 3 is 2.87 bits per heavy atom. The molecule has 0 unspecified atom stereocenters. The molecule has 2 heterocycles. The number of nitrogens with two attached hydrogens (primary N) is 1. The predicted molar refractivity (Wildman–Crippen MR) is 63.0 cm³/mol. The van der Waals surface area contributed by atoms with Crippen molar-refractivity contribution in [1.82, 2.24) is 9.55 Å². The van der Waals surface area contributed by atoms with E-state index in [0.29, 0.717) is 17.6 Å². The van der Waals surface area contributed by atoms with Crippen molar-refractivity contribution in [2.75, 3.05) is 0 Å². The molecule has 3 nitrogen and oxygen atoms in total. The lowest BCUT2D eigenvalue weighted by molar-refractivity contribution is 0.616. The number of rotatable bonds is 2. The van der Waals surface area contributed by atoms with Crippen LogP contribution in [0.2, 0.25) is 5.02 Å². The highest BCUT2D eigenvalue weighted by molar-refractivity contribution is 6.31. The Bertz CT molecular complexity index is 488. The quantitative estimate of drug-likeness (QED) is 0.851. The molecule has 0 amide bonds. The maximum absolute atomic E-state index is 5.92. The molecule has 2 N–H and O–H groups in total. The second kappa shape index (κ2) is 3.83. The lowest BCUT2D eigenvalue weighted by Gasteiger charge is -2.07.